The second-order valence-electron chi connectivity index (χ2n) is 20.7. The van der Waals surface area contributed by atoms with Crippen molar-refractivity contribution in [2.75, 3.05) is 13.2 Å². The molecule has 0 saturated heterocycles. The maximum atomic E-state index is 12.4. The molecule has 0 aromatic rings. The molecule has 0 aliphatic rings. The van der Waals surface area contributed by atoms with Crippen LogP contribution in [0.15, 0.2) is 12.2 Å². The molecule has 0 aliphatic heterocycles. The minimum absolute atomic E-state index is 0.0160. The molecule has 392 valence electrons. The third kappa shape index (κ3) is 52.0. The summed E-state index contributed by atoms with van der Waals surface area (Å²) in [6.45, 7) is 4.92. The van der Waals surface area contributed by atoms with Gasteiger partial charge in [0.05, 0.1) is 25.4 Å². The molecule has 0 fully saturated rings. The predicted octanol–water partition coefficient (Wildman–Crippen LogP) is 18.5. The van der Waals surface area contributed by atoms with E-state index in [2.05, 4.69) is 19.2 Å². The lowest BCUT2D eigenvalue weighted by Gasteiger charge is -2.20. The lowest BCUT2D eigenvalue weighted by Crippen LogP contribution is -2.45. The largest absolute Gasteiger partial charge is 0.466 e. The van der Waals surface area contributed by atoms with Gasteiger partial charge in [-0.1, -0.05) is 302 Å². The molecule has 0 rings (SSSR count). The molecule has 66 heavy (non-hydrogen) atoms. The molecule has 0 spiro atoms. The summed E-state index contributed by atoms with van der Waals surface area (Å²) in [4.78, 5) is 24.5. The Labute approximate surface area is 412 Å². The molecule has 0 heterocycles. The van der Waals surface area contributed by atoms with Crippen LogP contribution in [0.25, 0.3) is 0 Å². The lowest BCUT2D eigenvalue weighted by atomic mass is 10.0. The van der Waals surface area contributed by atoms with Crippen LogP contribution in [-0.2, 0) is 14.3 Å². The highest BCUT2D eigenvalue weighted by Crippen LogP contribution is 2.18. The van der Waals surface area contributed by atoms with Crippen molar-refractivity contribution in [3.63, 3.8) is 0 Å². The quantitative estimate of drug-likeness (QED) is 0.0321. The summed E-state index contributed by atoms with van der Waals surface area (Å²) in [6.07, 6.45) is 66.8. The van der Waals surface area contributed by atoms with Crippen LogP contribution in [0.2, 0.25) is 0 Å². The summed E-state index contributed by atoms with van der Waals surface area (Å²) in [5, 5.41) is 23.1. The highest BCUT2D eigenvalue weighted by molar-refractivity contribution is 5.76. The van der Waals surface area contributed by atoms with Crippen LogP contribution in [0.3, 0.4) is 0 Å². The second-order valence-corrected chi connectivity index (χ2v) is 20.7. The number of amides is 1. The van der Waals surface area contributed by atoms with E-state index in [1.54, 1.807) is 6.08 Å². The topological polar surface area (TPSA) is 95.9 Å². The number of hydrogen-bond acceptors (Lipinski definition) is 5. The fraction of sp³-hybridized carbons (Fsp3) is 0.933. The number of carbonyl (C=O) groups is 2. The summed E-state index contributed by atoms with van der Waals surface area (Å²) < 4.78 is 5.47. The van der Waals surface area contributed by atoms with E-state index in [1.807, 2.05) is 6.08 Å². The number of nitrogens with one attached hydrogen (secondary N) is 1. The van der Waals surface area contributed by atoms with Gasteiger partial charge in [-0.05, 0) is 32.1 Å². The molecule has 1 amide bonds. The molecule has 2 unspecified atom stereocenters. The Morgan fingerprint density at radius 1 is 0.409 bits per heavy atom. The number of allylic oxidation sites excluding steroid dienone is 1. The Hall–Kier alpha value is -1.40. The first-order valence-electron chi connectivity index (χ1n) is 30.0. The van der Waals surface area contributed by atoms with Crippen LogP contribution in [0.4, 0.5) is 0 Å². The van der Waals surface area contributed by atoms with E-state index in [1.165, 1.54) is 270 Å². The number of rotatable bonds is 56. The number of unbranched alkanes of at least 4 members (excludes halogenated alkanes) is 45. The van der Waals surface area contributed by atoms with Crippen LogP contribution in [0.1, 0.15) is 335 Å². The maximum Gasteiger partial charge on any atom is 0.305 e. The molecule has 6 nitrogen and oxygen atoms in total. The van der Waals surface area contributed by atoms with E-state index in [0.717, 1.165) is 38.5 Å². The van der Waals surface area contributed by atoms with Gasteiger partial charge in [0.25, 0.3) is 0 Å². The van der Waals surface area contributed by atoms with E-state index < -0.39 is 12.1 Å². The van der Waals surface area contributed by atoms with E-state index >= 15 is 0 Å². The Morgan fingerprint density at radius 2 is 0.697 bits per heavy atom. The fourth-order valence-electron chi connectivity index (χ4n) is 9.46. The van der Waals surface area contributed by atoms with E-state index in [9.17, 15) is 19.8 Å². The van der Waals surface area contributed by atoms with Gasteiger partial charge in [-0.15, -0.1) is 0 Å². The molecule has 0 aliphatic carbocycles. The number of aliphatic hydroxyl groups excluding tert-OH is 2. The van der Waals surface area contributed by atoms with Gasteiger partial charge < -0.3 is 20.3 Å². The third-order valence-corrected chi connectivity index (χ3v) is 14.1. The van der Waals surface area contributed by atoms with Crippen LogP contribution < -0.4 is 5.32 Å². The molecule has 0 radical (unpaired) electrons. The van der Waals surface area contributed by atoms with Crippen molar-refractivity contribution in [3.8, 4) is 0 Å². The van der Waals surface area contributed by atoms with Gasteiger partial charge in [0, 0.05) is 12.8 Å². The Bertz CT molecular complexity index is 986. The normalized spacial score (nSPS) is 12.6. The zero-order chi connectivity index (χ0) is 47.9. The lowest BCUT2D eigenvalue weighted by molar-refractivity contribution is -0.143. The monoisotopic (exact) mass is 932 g/mol. The van der Waals surface area contributed by atoms with Crippen LogP contribution in [0, 0.1) is 0 Å². The van der Waals surface area contributed by atoms with Crippen molar-refractivity contribution in [3.05, 3.63) is 12.2 Å². The fourth-order valence-corrected chi connectivity index (χ4v) is 9.46. The van der Waals surface area contributed by atoms with Crippen molar-refractivity contribution in [2.24, 2.45) is 0 Å². The van der Waals surface area contributed by atoms with Gasteiger partial charge in [-0.2, -0.15) is 0 Å². The number of hydrogen-bond donors (Lipinski definition) is 3. The first kappa shape index (κ1) is 64.6. The summed E-state index contributed by atoms with van der Waals surface area (Å²) in [7, 11) is 0. The predicted molar refractivity (Wildman–Crippen MR) is 287 cm³/mol. The Morgan fingerprint density at radius 3 is 1.03 bits per heavy atom. The first-order chi connectivity index (χ1) is 32.5. The molecular weight excluding hydrogens is 815 g/mol. The molecule has 0 bridgehead atoms. The summed E-state index contributed by atoms with van der Waals surface area (Å²) in [6, 6.07) is -0.625. The summed E-state index contributed by atoms with van der Waals surface area (Å²) >= 11 is 0. The van der Waals surface area contributed by atoms with E-state index in [4.69, 9.17) is 4.74 Å². The summed E-state index contributed by atoms with van der Waals surface area (Å²) in [5.41, 5.74) is 0. The van der Waals surface area contributed by atoms with Gasteiger partial charge in [0.15, 0.2) is 0 Å². The standard InChI is InChI=1S/C60H117NO5/c1-3-5-7-9-11-13-15-29-32-36-40-44-48-52-58(63)57(56-62)61-59(64)53-49-45-41-37-33-30-27-25-23-21-19-17-18-20-22-24-26-28-31-35-39-43-47-51-55-66-60(65)54-50-46-42-38-34-16-14-12-10-8-6-4-2/h48,52,57-58,62-63H,3-47,49-51,53-56H2,1-2H3,(H,61,64)/b52-48+. The Kier molecular flexibility index (Phi) is 55.0. The van der Waals surface area contributed by atoms with Gasteiger partial charge >= 0.3 is 5.97 Å². The van der Waals surface area contributed by atoms with Crippen LogP contribution >= 0.6 is 0 Å². The highest BCUT2D eigenvalue weighted by Gasteiger charge is 2.18. The molecule has 2 atom stereocenters. The Balaban J connectivity index is 3.37. The van der Waals surface area contributed by atoms with Crippen LogP contribution in [0.5, 0.6) is 0 Å². The maximum absolute atomic E-state index is 12.4. The van der Waals surface area contributed by atoms with Crippen LogP contribution in [-0.4, -0.2) is 47.4 Å². The molecule has 6 heteroatoms. The average Bonchev–Trinajstić information content (AvgIpc) is 3.32. The van der Waals surface area contributed by atoms with E-state index in [-0.39, 0.29) is 18.5 Å². The third-order valence-electron chi connectivity index (χ3n) is 14.1. The number of esters is 1. The van der Waals surface area contributed by atoms with Crippen molar-refractivity contribution in [1.82, 2.24) is 5.32 Å². The molecular formula is C60H117NO5. The number of ether oxygens (including phenoxy) is 1. The van der Waals surface area contributed by atoms with Gasteiger partial charge in [0.2, 0.25) is 5.91 Å². The smallest absolute Gasteiger partial charge is 0.305 e. The van der Waals surface area contributed by atoms with Crippen molar-refractivity contribution < 1.29 is 24.5 Å². The number of carbonyl (C=O) groups excluding carboxylic acids is 2. The van der Waals surface area contributed by atoms with E-state index in [0.29, 0.717) is 19.4 Å². The molecule has 0 aromatic carbocycles. The van der Waals surface area contributed by atoms with Gasteiger partial charge in [0.1, 0.15) is 0 Å². The highest BCUT2D eigenvalue weighted by atomic mass is 16.5. The first-order valence-corrected chi connectivity index (χ1v) is 30.0. The van der Waals surface area contributed by atoms with Crippen molar-refractivity contribution in [2.45, 2.75) is 347 Å². The molecule has 0 aromatic heterocycles. The average molecular weight is 933 g/mol. The second kappa shape index (κ2) is 56.2. The van der Waals surface area contributed by atoms with Crippen molar-refractivity contribution >= 4 is 11.9 Å². The molecule has 0 saturated carbocycles. The zero-order valence-electron chi connectivity index (χ0n) is 44.7. The minimum Gasteiger partial charge on any atom is -0.466 e. The SMILES string of the molecule is CCCCCCCCCCCCC/C=C/C(O)C(CO)NC(=O)CCCCCCCCCCCCCCCCCCCCCCCCCCOC(=O)CCCCCCCCCCCCCC. The molecule has 3 N–H and O–H groups in total. The zero-order valence-corrected chi connectivity index (χ0v) is 44.7. The summed E-state index contributed by atoms with van der Waals surface area (Å²) in [5.74, 6) is -0.0496. The van der Waals surface area contributed by atoms with Gasteiger partial charge in [-0.3, -0.25) is 9.59 Å². The van der Waals surface area contributed by atoms with Gasteiger partial charge in [-0.25, -0.2) is 0 Å². The minimum atomic E-state index is -0.842. The number of aliphatic hydroxyl groups is 2. The van der Waals surface area contributed by atoms with Crippen molar-refractivity contribution in [1.29, 1.82) is 0 Å².